The maximum atomic E-state index is 13.3. The van der Waals surface area contributed by atoms with Gasteiger partial charge in [-0.2, -0.15) is 0 Å². The van der Waals surface area contributed by atoms with Gasteiger partial charge in [-0.05, 0) is 42.1 Å². The van der Waals surface area contributed by atoms with E-state index < -0.39 is 17.5 Å². The molecule has 0 fully saturated rings. The number of nitrogens with one attached hydrogen (secondary N) is 1. The van der Waals surface area contributed by atoms with Crippen molar-refractivity contribution in [3.8, 4) is 0 Å². The zero-order valence-electron chi connectivity index (χ0n) is 10.1. The summed E-state index contributed by atoms with van der Waals surface area (Å²) in [4.78, 5) is 12.6. The molecule has 2 rings (SSSR count). The lowest BCUT2D eigenvalue weighted by molar-refractivity contribution is -0.111. The van der Waals surface area contributed by atoms with Gasteiger partial charge in [-0.15, -0.1) is 11.3 Å². The summed E-state index contributed by atoms with van der Waals surface area (Å²) in [6.07, 6.45) is 2.94. The molecular weight excluding hydrogens is 268 g/mol. The number of anilines is 1. The summed E-state index contributed by atoms with van der Waals surface area (Å²) in [6, 6.07) is 4.85. The maximum Gasteiger partial charge on any atom is 0.248 e. The molecule has 0 saturated heterocycles. The fraction of sp³-hybridized carbons (Fsp3) is 0.0714. The highest BCUT2D eigenvalue weighted by atomic mass is 32.1. The van der Waals surface area contributed by atoms with Gasteiger partial charge in [0.2, 0.25) is 5.91 Å². The van der Waals surface area contributed by atoms with Crippen LogP contribution in [0.15, 0.2) is 35.7 Å². The molecule has 2 aromatic rings. The van der Waals surface area contributed by atoms with Crippen LogP contribution in [0.5, 0.6) is 0 Å². The van der Waals surface area contributed by atoms with Crippen LogP contribution in [-0.4, -0.2) is 5.91 Å². The zero-order chi connectivity index (χ0) is 13.8. The molecule has 0 unspecified atom stereocenters. The molecule has 0 aliphatic rings. The molecule has 1 aromatic heterocycles. The molecule has 5 heteroatoms. The minimum Gasteiger partial charge on any atom is -0.320 e. The molecule has 0 aliphatic carbocycles. The molecule has 0 spiro atoms. The van der Waals surface area contributed by atoms with E-state index in [0.717, 1.165) is 28.6 Å². The Morgan fingerprint density at radius 1 is 1.32 bits per heavy atom. The van der Waals surface area contributed by atoms with Crippen LogP contribution in [0.3, 0.4) is 0 Å². The van der Waals surface area contributed by atoms with Crippen LogP contribution in [-0.2, 0) is 4.79 Å². The summed E-state index contributed by atoms with van der Waals surface area (Å²) < 4.78 is 26.2. The monoisotopic (exact) mass is 279 g/mol. The average Bonchev–Trinajstić information content (AvgIpc) is 2.77. The van der Waals surface area contributed by atoms with Gasteiger partial charge in [0, 0.05) is 17.0 Å². The Morgan fingerprint density at radius 2 is 2.11 bits per heavy atom. The van der Waals surface area contributed by atoms with Crippen molar-refractivity contribution in [3.63, 3.8) is 0 Å². The number of hydrogen-bond donors (Lipinski definition) is 1. The molecule has 1 heterocycles. The van der Waals surface area contributed by atoms with Gasteiger partial charge in [-0.1, -0.05) is 0 Å². The molecule has 1 aromatic carbocycles. The lowest BCUT2D eigenvalue weighted by Gasteiger charge is -2.03. The smallest absolute Gasteiger partial charge is 0.248 e. The number of thiophene rings is 1. The van der Waals surface area contributed by atoms with E-state index in [1.165, 1.54) is 17.4 Å². The van der Waals surface area contributed by atoms with E-state index in [4.69, 9.17) is 0 Å². The van der Waals surface area contributed by atoms with Gasteiger partial charge in [-0.25, -0.2) is 8.78 Å². The van der Waals surface area contributed by atoms with Crippen LogP contribution in [0.4, 0.5) is 14.5 Å². The van der Waals surface area contributed by atoms with E-state index in [1.807, 2.05) is 18.4 Å². The molecule has 2 nitrogen and oxygen atoms in total. The first-order valence-electron chi connectivity index (χ1n) is 5.54. The summed E-state index contributed by atoms with van der Waals surface area (Å²) in [6.45, 7) is 1.93. The van der Waals surface area contributed by atoms with Crippen molar-refractivity contribution in [2.24, 2.45) is 0 Å². The minimum atomic E-state index is -0.671. The average molecular weight is 279 g/mol. The van der Waals surface area contributed by atoms with Gasteiger partial charge >= 0.3 is 0 Å². The first kappa shape index (κ1) is 13.4. The number of carbonyl (C=O) groups is 1. The van der Waals surface area contributed by atoms with Gasteiger partial charge in [0.05, 0.1) is 5.69 Å². The van der Waals surface area contributed by atoms with Crippen LogP contribution in [0.2, 0.25) is 0 Å². The third-order valence-electron chi connectivity index (χ3n) is 2.47. The third kappa shape index (κ3) is 3.48. The van der Waals surface area contributed by atoms with Crippen molar-refractivity contribution in [2.45, 2.75) is 6.92 Å². The summed E-state index contributed by atoms with van der Waals surface area (Å²) in [5, 5.41) is 4.21. The van der Waals surface area contributed by atoms with Crippen LogP contribution >= 0.6 is 11.3 Å². The van der Waals surface area contributed by atoms with E-state index in [0.29, 0.717) is 0 Å². The van der Waals surface area contributed by atoms with E-state index >= 15 is 0 Å². The van der Waals surface area contributed by atoms with E-state index in [-0.39, 0.29) is 5.69 Å². The largest absolute Gasteiger partial charge is 0.320 e. The standard InChI is InChI=1S/C14H11F2NOS/c1-9-6-7-19-13(9)4-5-14(18)17-12-8-10(15)2-3-11(12)16/h2-8H,1H3,(H,17,18)/b5-4+. The van der Waals surface area contributed by atoms with Crippen LogP contribution in [0.1, 0.15) is 10.4 Å². The Kier molecular flexibility index (Phi) is 4.06. The summed E-state index contributed by atoms with van der Waals surface area (Å²) in [7, 11) is 0. The van der Waals surface area contributed by atoms with E-state index in [1.54, 1.807) is 6.08 Å². The van der Waals surface area contributed by atoms with Crippen molar-refractivity contribution in [1.82, 2.24) is 0 Å². The highest BCUT2D eigenvalue weighted by Crippen LogP contribution is 2.18. The second kappa shape index (κ2) is 5.75. The molecule has 0 radical (unpaired) electrons. The fourth-order valence-corrected chi connectivity index (χ4v) is 2.29. The van der Waals surface area contributed by atoms with Gasteiger partial charge < -0.3 is 5.32 Å². The summed E-state index contributed by atoms with van der Waals surface area (Å²) >= 11 is 1.50. The topological polar surface area (TPSA) is 29.1 Å². The minimum absolute atomic E-state index is 0.169. The Morgan fingerprint density at radius 3 is 2.79 bits per heavy atom. The fourth-order valence-electron chi connectivity index (χ4n) is 1.47. The Bertz CT molecular complexity index is 634. The molecule has 0 aliphatic heterocycles. The molecule has 19 heavy (non-hydrogen) atoms. The molecular formula is C14H11F2NOS. The predicted octanol–water partition coefficient (Wildman–Crippen LogP) is 3.99. The SMILES string of the molecule is Cc1ccsc1/C=C/C(=O)Nc1cc(F)ccc1F. The number of amides is 1. The summed E-state index contributed by atoms with van der Waals surface area (Å²) in [5.74, 6) is -1.78. The first-order chi connectivity index (χ1) is 9.06. The number of halogens is 2. The Hall–Kier alpha value is -2.01. The predicted molar refractivity (Wildman–Crippen MR) is 73.1 cm³/mol. The number of rotatable bonds is 3. The van der Waals surface area contributed by atoms with Crippen molar-refractivity contribution in [2.75, 3.05) is 5.32 Å². The third-order valence-corrected chi connectivity index (χ3v) is 3.46. The molecule has 0 atom stereocenters. The lowest BCUT2D eigenvalue weighted by Crippen LogP contribution is -2.09. The van der Waals surface area contributed by atoms with Gasteiger partial charge in [0.25, 0.3) is 0 Å². The Balaban J connectivity index is 2.07. The molecule has 1 N–H and O–H groups in total. The van der Waals surface area contributed by atoms with Crippen molar-refractivity contribution in [1.29, 1.82) is 0 Å². The van der Waals surface area contributed by atoms with Crippen molar-refractivity contribution in [3.05, 3.63) is 57.8 Å². The van der Waals surface area contributed by atoms with E-state index in [2.05, 4.69) is 5.32 Å². The quantitative estimate of drug-likeness (QED) is 0.846. The molecule has 98 valence electrons. The van der Waals surface area contributed by atoms with Crippen LogP contribution < -0.4 is 5.32 Å². The molecule has 1 amide bonds. The van der Waals surface area contributed by atoms with Crippen LogP contribution in [0, 0.1) is 18.6 Å². The van der Waals surface area contributed by atoms with Gasteiger partial charge in [0.15, 0.2) is 0 Å². The zero-order valence-corrected chi connectivity index (χ0v) is 10.9. The summed E-state index contributed by atoms with van der Waals surface area (Å²) in [5.41, 5.74) is 0.892. The van der Waals surface area contributed by atoms with Gasteiger partial charge in [0.1, 0.15) is 11.6 Å². The lowest BCUT2D eigenvalue weighted by atomic mass is 10.2. The maximum absolute atomic E-state index is 13.3. The second-order valence-electron chi connectivity index (χ2n) is 3.91. The number of benzene rings is 1. The first-order valence-corrected chi connectivity index (χ1v) is 6.42. The highest BCUT2D eigenvalue weighted by molar-refractivity contribution is 7.11. The number of hydrogen-bond acceptors (Lipinski definition) is 2. The second-order valence-corrected chi connectivity index (χ2v) is 4.86. The van der Waals surface area contributed by atoms with Crippen LogP contribution in [0.25, 0.3) is 6.08 Å². The van der Waals surface area contributed by atoms with E-state index in [9.17, 15) is 13.6 Å². The molecule has 0 saturated carbocycles. The number of carbonyl (C=O) groups excluding carboxylic acids is 1. The molecule has 0 bridgehead atoms. The Labute approximate surface area is 113 Å². The normalized spacial score (nSPS) is 10.9. The van der Waals surface area contributed by atoms with Crippen molar-refractivity contribution >= 4 is 29.0 Å². The highest BCUT2D eigenvalue weighted by Gasteiger charge is 2.06. The van der Waals surface area contributed by atoms with Crippen molar-refractivity contribution < 1.29 is 13.6 Å². The van der Waals surface area contributed by atoms with Gasteiger partial charge in [-0.3, -0.25) is 4.79 Å². The number of aryl methyl sites for hydroxylation is 1.